The first kappa shape index (κ1) is 19.8. The van der Waals surface area contributed by atoms with E-state index < -0.39 is 0 Å². The van der Waals surface area contributed by atoms with Crippen molar-refractivity contribution in [3.63, 3.8) is 0 Å². The molecule has 0 saturated carbocycles. The van der Waals surface area contributed by atoms with Crippen molar-refractivity contribution >= 4 is 5.91 Å². The van der Waals surface area contributed by atoms with E-state index in [-0.39, 0.29) is 18.0 Å². The summed E-state index contributed by atoms with van der Waals surface area (Å²) in [4.78, 5) is 15.2. The van der Waals surface area contributed by atoms with E-state index in [0.717, 1.165) is 55.7 Å². The molecule has 1 amide bonds. The molecule has 2 aromatic carbocycles. The van der Waals surface area contributed by atoms with Crippen LogP contribution in [0.5, 0.6) is 11.5 Å². The van der Waals surface area contributed by atoms with Gasteiger partial charge < -0.3 is 14.8 Å². The quantitative estimate of drug-likeness (QED) is 0.804. The van der Waals surface area contributed by atoms with Crippen LogP contribution >= 0.6 is 0 Å². The van der Waals surface area contributed by atoms with Gasteiger partial charge in [-0.25, -0.2) is 0 Å². The van der Waals surface area contributed by atoms with Crippen LogP contribution in [0.4, 0.5) is 0 Å². The lowest BCUT2D eigenvalue weighted by Gasteiger charge is -2.29. The first-order valence-electron chi connectivity index (χ1n) is 10.5. The Bertz CT molecular complexity index is 867. The van der Waals surface area contributed by atoms with E-state index in [1.807, 2.05) is 18.2 Å². The Morgan fingerprint density at radius 1 is 1.07 bits per heavy atom. The number of fused-ring (bicyclic) bond motifs is 1. The fraction of sp³-hybridized carbons (Fsp3) is 0.458. The van der Waals surface area contributed by atoms with E-state index in [1.165, 1.54) is 11.1 Å². The molecule has 1 aliphatic heterocycles. The Labute approximate surface area is 173 Å². The molecule has 4 rings (SSSR count). The minimum atomic E-state index is 0.0977. The summed E-state index contributed by atoms with van der Waals surface area (Å²) in [6.45, 7) is 1.32. The molecule has 0 radical (unpaired) electrons. The molecule has 0 aromatic heterocycles. The molecular weight excluding hydrogens is 364 g/mol. The Balaban J connectivity index is 1.46. The Hall–Kier alpha value is -2.53. The summed E-state index contributed by atoms with van der Waals surface area (Å²) in [6, 6.07) is 14.7. The highest BCUT2D eigenvalue weighted by Crippen LogP contribution is 2.38. The number of rotatable bonds is 6. The number of carbonyl (C=O) groups is 1. The Morgan fingerprint density at radius 2 is 1.93 bits per heavy atom. The van der Waals surface area contributed by atoms with Gasteiger partial charge in [0.15, 0.2) is 0 Å². The highest BCUT2D eigenvalue weighted by atomic mass is 16.5. The van der Waals surface area contributed by atoms with Gasteiger partial charge in [0.05, 0.1) is 26.8 Å². The smallest absolute Gasteiger partial charge is 0.234 e. The van der Waals surface area contributed by atoms with Crippen molar-refractivity contribution < 1.29 is 14.3 Å². The maximum Gasteiger partial charge on any atom is 0.234 e. The Morgan fingerprint density at radius 3 is 2.76 bits per heavy atom. The monoisotopic (exact) mass is 394 g/mol. The number of ether oxygens (including phenoxy) is 2. The minimum Gasteiger partial charge on any atom is -0.497 e. The fourth-order valence-electron chi connectivity index (χ4n) is 4.80. The molecule has 0 bridgehead atoms. The number of carbonyl (C=O) groups excluding carboxylic acids is 1. The molecule has 0 spiro atoms. The molecule has 1 aliphatic carbocycles. The summed E-state index contributed by atoms with van der Waals surface area (Å²) in [5, 5.41) is 3.29. The zero-order valence-corrected chi connectivity index (χ0v) is 17.3. The summed E-state index contributed by atoms with van der Waals surface area (Å²) in [6.07, 6.45) is 5.32. The lowest BCUT2D eigenvalue weighted by Crippen LogP contribution is -2.39. The fourth-order valence-corrected chi connectivity index (χ4v) is 4.80. The van der Waals surface area contributed by atoms with Crippen LogP contribution in [-0.2, 0) is 11.2 Å². The maximum atomic E-state index is 12.9. The molecule has 5 nitrogen and oxygen atoms in total. The molecular formula is C24H30N2O3. The van der Waals surface area contributed by atoms with E-state index in [9.17, 15) is 4.79 Å². The van der Waals surface area contributed by atoms with Crippen LogP contribution in [0.25, 0.3) is 0 Å². The van der Waals surface area contributed by atoms with Crippen LogP contribution in [0.3, 0.4) is 0 Å². The number of hydrogen-bond donors (Lipinski definition) is 1. The molecule has 1 fully saturated rings. The predicted molar refractivity (Wildman–Crippen MR) is 113 cm³/mol. The lowest BCUT2D eigenvalue weighted by atomic mass is 9.88. The summed E-state index contributed by atoms with van der Waals surface area (Å²) in [5.74, 6) is 1.76. The molecule has 5 heteroatoms. The van der Waals surface area contributed by atoms with Crippen molar-refractivity contribution in [2.75, 3.05) is 27.3 Å². The molecule has 154 valence electrons. The van der Waals surface area contributed by atoms with Crippen LogP contribution in [-0.4, -0.2) is 38.1 Å². The third-order valence-corrected chi connectivity index (χ3v) is 6.21. The largest absolute Gasteiger partial charge is 0.497 e. The lowest BCUT2D eigenvalue weighted by molar-refractivity contribution is -0.123. The number of likely N-dealkylation sites (tertiary alicyclic amines) is 1. The average Bonchev–Trinajstić information content (AvgIpc) is 3.21. The van der Waals surface area contributed by atoms with Crippen molar-refractivity contribution in [3.05, 3.63) is 59.2 Å². The summed E-state index contributed by atoms with van der Waals surface area (Å²) in [7, 11) is 3.37. The number of nitrogens with zero attached hydrogens (tertiary/aromatic N) is 1. The van der Waals surface area contributed by atoms with Gasteiger partial charge in [-0.3, -0.25) is 9.69 Å². The third-order valence-electron chi connectivity index (χ3n) is 6.21. The van der Waals surface area contributed by atoms with Gasteiger partial charge in [0.1, 0.15) is 11.5 Å². The van der Waals surface area contributed by atoms with E-state index in [1.54, 1.807) is 14.2 Å². The average molecular weight is 395 g/mol. The van der Waals surface area contributed by atoms with Crippen LogP contribution in [0.2, 0.25) is 0 Å². The van der Waals surface area contributed by atoms with E-state index in [4.69, 9.17) is 9.47 Å². The number of benzene rings is 2. The molecule has 0 unspecified atom stereocenters. The summed E-state index contributed by atoms with van der Waals surface area (Å²) >= 11 is 0. The second kappa shape index (κ2) is 8.87. The number of nitrogens with one attached hydrogen (secondary N) is 1. The summed E-state index contributed by atoms with van der Waals surface area (Å²) < 4.78 is 11.0. The van der Waals surface area contributed by atoms with Crippen LogP contribution in [0.15, 0.2) is 42.5 Å². The third kappa shape index (κ3) is 4.25. The maximum absolute atomic E-state index is 12.9. The second-order valence-electron chi connectivity index (χ2n) is 7.95. The first-order valence-corrected chi connectivity index (χ1v) is 10.5. The van der Waals surface area contributed by atoms with Gasteiger partial charge in [0.2, 0.25) is 5.91 Å². The number of aryl methyl sites for hydroxylation is 1. The number of amides is 1. The van der Waals surface area contributed by atoms with Crippen molar-refractivity contribution in [2.24, 2.45) is 0 Å². The van der Waals surface area contributed by atoms with Crippen molar-refractivity contribution in [1.29, 1.82) is 0 Å². The normalized spacial score (nSPS) is 21.4. The number of methoxy groups -OCH3 is 2. The Kier molecular flexibility index (Phi) is 6.05. The first-order chi connectivity index (χ1) is 14.2. The highest BCUT2D eigenvalue weighted by Gasteiger charge is 2.31. The zero-order valence-electron chi connectivity index (χ0n) is 17.3. The van der Waals surface area contributed by atoms with Gasteiger partial charge in [0, 0.05) is 11.6 Å². The van der Waals surface area contributed by atoms with Gasteiger partial charge in [0.25, 0.3) is 0 Å². The topological polar surface area (TPSA) is 50.8 Å². The van der Waals surface area contributed by atoms with Crippen LogP contribution in [0.1, 0.15) is 54.5 Å². The standard InChI is InChI=1S/C24H30N2O3/c1-28-18-12-13-23(29-2)20(15-18)22-11-6-14-26(22)16-24(27)25-21-10-5-8-17-7-3-4-9-19(17)21/h3-4,7,9,12-13,15,21-22H,5-6,8,10-11,14,16H2,1-2H3,(H,25,27)/t21-,22+/m0/s1. The van der Waals surface area contributed by atoms with Crippen LogP contribution < -0.4 is 14.8 Å². The second-order valence-corrected chi connectivity index (χ2v) is 7.95. The molecule has 2 aromatic rings. The van der Waals surface area contributed by atoms with Crippen molar-refractivity contribution in [1.82, 2.24) is 10.2 Å². The van der Waals surface area contributed by atoms with E-state index >= 15 is 0 Å². The molecule has 2 aliphatic rings. The minimum absolute atomic E-state index is 0.0977. The van der Waals surface area contributed by atoms with Crippen LogP contribution in [0, 0.1) is 0 Å². The zero-order chi connectivity index (χ0) is 20.2. The van der Waals surface area contributed by atoms with Gasteiger partial charge >= 0.3 is 0 Å². The van der Waals surface area contributed by atoms with Gasteiger partial charge in [-0.2, -0.15) is 0 Å². The van der Waals surface area contributed by atoms with Crippen molar-refractivity contribution in [3.8, 4) is 11.5 Å². The SMILES string of the molecule is COc1ccc(OC)c([C@H]2CCCN2CC(=O)N[C@H]2CCCc3ccccc32)c1. The molecule has 1 heterocycles. The predicted octanol–water partition coefficient (Wildman–Crippen LogP) is 4.03. The highest BCUT2D eigenvalue weighted by molar-refractivity contribution is 5.78. The molecule has 1 N–H and O–H groups in total. The molecule has 2 atom stereocenters. The molecule has 1 saturated heterocycles. The van der Waals surface area contributed by atoms with E-state index in [0.29, 0.717) is 6.54 Å². The van der Waals surface area contributed by atoms with Gasteiger partial charge in [-0.1, -0.05) is 24.3 Å². The van der Waals surface area contributed by atoms with Gasteiger partial charge in [-0.05, 0) is 68.0 Å². The summed E-state index contributed by atoms with van der Waals surface area (Å²) in [5.41, 5.74) is 3.74. The van der Waals surface area contributed by atoms with Gasteiger partial charge in [-0.15, -0.1) is 0 Å². The van der Waals surface area contributed by atoms with Crippen molar-refractivity contribution in [2.45, 2.75) is 44.2 Å². The number of hydrogen-bond acceptors (Lipinski definition) is 4. The van der Waals surface area contributed by atoms with E-state index in [2.05, 4.69) is 34.5 Å². The molecule has 29 heavy (non-hydrogen) atoms.